The molecule has 0 radical (unpaired) electrons. The van der Waals surface area contributed by atoms with E-state index in [0.29, 0.717) is 47.2 Å². The van der Waals surface area contributed by atoms with Crippen LogP contribution in [0.15, 0.2) is 18.2 Å². The van der Waals surface area contributed by atoms with Gasteiger partial charge in [-0.2, -0.15) is 4.52 Å². The Kier molecular flexibility index (Phi) is 4.76. The molecule has 0 bridgehead atoms. The van der Waals surface area contributed by atoms with Gasteiger partial charge in [-0.3, -0.25) is 9.69 Å². The number of hydrogen-bond acceptors (Lipinski definition) is 6. The van der Waals surface area contributed by atoms with Gasteiger partial charge in [-0.15, -0.1) is 5.10 Å². The molecule has 148 valence electrons. The van der Waals surface area contributed by atoms with Crippen LogP contribution in [0.3, 0.4) is 0 Å². The molecule has 1 fully saturated rings. The largest absolute Gasteiger partial charge is 0.492 e. The van der Waals surface area contributed by atoms with Crippen molar-refractivity contribution in [2.75, 3.05) is 13.1 Å². The number of amides is 1. The van der Waals surface area contributed by atoms with E-state index in [1.54, 1.807) is 6.92 Å². The number of fused-ring (bicyclic) bond motifs is 1. The number of hydrogen-bond donors (Lipinski definition) is 2. The van der Waals surface area contributed by atoms with E-state index in [4.69, 9.17) is 5.73 Å². The van der Waals surface area contributed by atoms with Crippen LogP contribution in [0.5, 0.6) is 5.88 Å². The average molecular weight is 407 g/mol. The molecule has 7 nitrogen and oxygen atoms in total. The van der Waals surface area contributed by atoms with Crippen LogP contribution in [-0.2, 0) is 4.79 Å². The van der Waals surface area contributed by atoms with Gasteiger partial charge < -0.3 is 10.8 Å². The molecule has 1 aliphatic heterocycles. The number of carbonyl (C=O) groups is 1. The zero-order chi connectivity index (χ0) is 20.0. The summed E-state index contributed by atoms with van der Waals surface area (Å²) >= 11 is 1.25. The number of piperidine rings is 1. The molecule has 3 N–H and O–H groups in total. The summed E-state index contributed by atoms with van der Waals surface area (Å²) < 4.78 is 28.8. The van der Waals surface area contributed by atoms with E-state index < -0.39 is 17.7 Å². The Balaban J connectivity index is 1.76. The molecule has 4 rings (SSSR count). The highest BCUT2D eigenvalue weighted by molar-refractivity contribution is 7.17. The van der Waals surface area contributed by atoms with E-state index in [9.17, 15) is 18.7 Å². The SMILES string of the molecule is Cc1nc2sc([C@@H](c3ccc(F)c(F)c3)N3CCC(C(N)=O)CC3)c(O)n2n1. The molecule has 3 heterocycles. The van der Waals surface area contributed by atoms with Crippen molar-refractivity contribution in [3.63, 3.8) is 0 Å². The van der Waals surface area contributed by atoms with Crippen molar-refractivity contribution >= 4 is 22.2 Å². The molecule has 10 heteroatoms. The summed E-state index contributed by atoms with van der Waals surface area (Å²) in [4.78, 5) is 18.8. The van der Waals surface area contributed by atoms with E-state index in [-0.39, 0.29) is 17.7 Å². The fraction of sp³-hybridized carbons (Fsp3) is 0.389. The lowest BCUT2D eigenvalue weighted by Crippen LogP contribution is -2.40. The molecule has 2 aromatic heterocycles. The third-order valence-corrected chi connectivity index (χ3v) is 6.18. The quantitative estimate of drug-likeness (QED) is 0.692. The van der Waals surface area contributed by atoms with Gasteiger partial charge in [0.2, 0.25) is 16.7 Å². The first kappa shape index (κ1) is 18.8. The maximum Gasteiger partial charge on any atom is 0.230 e. The lowest BCUT2D eigenvalue weighted by molar-refractivity contribution is -0.123. The third-order valence-electron chi connectivity index (χ3n) is 5.11. The number of rotatable bonds is 4. The van der Waals surface area contributed by atoms with Gasteiger partial charge >= 0.3 is 0 Å². The summed E-state index contributed by atoms with van der Waals surface area (Å²) in [5, 5.41) is 14.9. The average Bonchev–Trinajstić information content (AvgIpc) is 3.16. The highest BCUT2D eigenvalue weighted by Gasteiger charge is 2.33. The number of halogens is 2. The minimum Gasteiger partial charge on any atom is -0.492 e. The van der Waals surface area contributed by atoms with Gasteiger partial charge in [0.1, 0.15) is 5.82 Å². The van der Waals surface area contributed by atoms with E-state index in [1.807, 2.05) is 4.90 Å². The standard InChI is InChI=1S/C18H19F2N5O2S/c1-9-22-18-25(23-9)17(27)15(28-18)14(11-2-3-12(19)13(20)8-11)24-6-4-10(5-7-24)16(21)26/h2-3,8,10,14,27H,4-7H2,1H3,(H2,21,26)/t14-/m1/s1. The first-order valence-corrected chi connectivity index (χ1v) is 9.70. The summed E-state index contributed by atoms with van der Waals surface area (Å²) in [7, 11) is 0. The maximum absolute atomic E-state index is 13.9. The van der Waals surface area contributed by atoms with Crippen LogP contribution in [0.2, 0.25) is 0 Å². The van der Waals surface area contributed by atoms with Crippen LogP contribution in [-0.4, -0.2) is 43.6 Å². The molecule has 0 spiro atoms. The predicted octanol–water partition coefficient (Wildman–Crippen LogP) is 2.37. The second kappa shape index (κ2) is 7.10. The fourth-order valence-corrected chi connectivity index (χ4v) is 4.84. The van der Waals surface area contributed by atoms with Crippen LogP contribution in [0.1, 0.15) is 35.1 Å². The zero-order valence-electron chi connectivity index (χ0n) is 15.1. The molecule has 28 heavy (non-hydrogen) atoms. The highest BCUT2D eigenvalue weighted by Crippen LogP contribution is 2.41. The van der Waals surface area contributed by atoms with E-state index >= 15 is 0 Å². The number of likely N-dealkylation sites (tertiary alicyclic amines) is 1. The summed E-state index contributed by atoms with van der Waals surface area (Å²) in [6.07, 6.45) is 1.13. The van der Waals surface area contributed by atoms with E-state index in [1.165, 1.54) is 21.9 Å². The molecular formula is C18H19F2N5O2S. The Labute approximate surface area is 163 Å². The summed E-state index contributed by atoms with van der Waals surface area (Å²) in [5.74, 6) is -1.98. The number of aromatic nitrogens is 3. The maximum atomic E-state index is 13.9. The molecular weight excluding hydrogens is 388 g/mol. The molecule has 3 aromatic rings. The van der Waals surface area contributed by atoms with Crippen molar-refractivity contribution < 1.29 is 18.7 Å². The molecule has 1 amide bonds. The summed E-state index contributed by atoms with van der Waals surface area (Å²) in [6.45, 7) is 2.78. The lowest BCUT2D eigenvalue weighted by atomic mass is 9.93. The Morgan fingerprint density at radius 2 is 2.04 bits per heavy atom. The van der Waals surface area contributed by atoms with Crippen LogP contribution in [0, 0.1) is 24.5 Å². The molecule has 0 saturated carbocycles. The van der Waals surface area contributed by atoms with Crippen molar-refractivity contribution in [1.82, 2.24) is 19.5 Å². The molecule has 1 aromatic carbocycles. The first-order valence-electron chi connectivity index (χ1n) is 8.88. The Bertz CT molecular complexity index is 1040. The number of benzene rings is 1. The number of carbonyl (C=O) groups excluding carboxylic acids is 1. The number of aromatic hydroxyl groups is 1. The first-order chi connectivity index (χ1) is 13.3. The Hall–Kier alpha value is -2.59. The highest BCUT2D eigenvalue weighted by atomic mass is 32.1. The van der Waals surface area contributed by atoms with Crippen molar-refractivity contribution in [1.29, 1.82) is 0 Å². The summed E-state index contributed by atoms with van der Waals surface area (Å²) in [6, 6.07) is 3.20. The molecule has 0 aliphatic carbocycles. The van der Waals surface area contributed by atoms with Gasteiger partial charge in [0.15, 0.2) is 11.6 Å². The van der Waals surface area contributed by atoms with Crippen LogP contribution < -0.4 is 5.73 Å². The van der Waals surface area contributed by atoms with Gasteiger partial charge in [0.25, 0.3) is 0 Å². The van der Waals surface area contributed by atoms with E-state index in [2.05, 4.69) is 10.1 Å². The second-order valence-electron chi connectivity index (χ2n) is 6.93. The molecule has 1 aliphatic rings. The monoisotopic (exact) mass is 407 g/mol. The van der Waals surface area contributed by atoms with Gasteiger partial charge in [-0.05, 0) is 50.6 Å². The topological polar surface area (TPSA) is 96.8 Å². The third kappa shape index (κ3) is 3.22. The molecule has 1 atom stereocenters. The smallest absolute Gasteiger partial charge is 0.230 e. The van der Waals surface area contributed by atoms with Crippen LogP contribution in [0.25, 0.3) is 4.96 Å². The Morgan fingerprint density at radius 1 is 1.32 bits per heavy atom. The normalized spacial score (nSPS) is 17.2. The van der Waals surface area contributed by atoms with E-state index in [0.717, 1.165) is 12.1 Å². The number of nitrogens with two attached hydrogens (primary N) is 1. The lowest BCUT2D eigenvalue weighted by Gasteiger charge is -2.36. The summed E-state index contributed by atoms with van der Waals surface area (Å²) in [5.41, 5.74) is 5.92. The second-order valence-corrected chi connectivity index (χ2v) is 7.94. The van der Waals surface area contributed by atoms with Gasteiger partial charge in [-0.1, -0.05) is 17.4 Å². The molecule has 1 saturated heterocycles. The minimum absolute atomic E-state index is 0.0765. The van der Waals surface area contributed by atoms with Crippen molar-refractivity contribution in [3.05, 3.63) is 46.1 Å². The number of thiazole rings is 1. The van der Waals surface area contributed by atoms with Gasteiger partial charge in [0, 0.05) is 5.92 Å². The van der Waals surface area contributed by atoms with Crippen molar-refractivity contribution in [2.45, 2.75) is 25.8 Å². The predicted molar refractivity (Wildman–Crippen MR) is 99.0 cm³/mol. The van der Waals surface area contributed by atoms with Crippen LogP contribution in [0.4, 0.5) is 8.78 Å². The molecule has 0 unspecified atom stereocenters. The fourth-order valence-electron chi connectivity index (χ4n) is 3.68. The van der Waals surface area contributed by atoms with Gasteiger partial charge in [0.05, 0.1) is 10.9 Å². The van der Waals surface area contributed by atoms with Gasteiger partial charge in [-0.25, -0.2) is 13.8 Å². The van der Waals surface area contributed by atoms with Crippen LogP contribution >= 0.6 is 11.3 Å². The van der Waals surface area contributed by atoms with Crippen molar-refractivity contribution in [2.24, 2.45) is 11.7 Å². The van der Waals surface area contributed by atoms with Crippen molar-refractivity contribution in [3.8, 4) is 5.88 Å². The number of nitrogens with zero attached hydrogens (tertiary/aromatic N) is 4. The Morgan fingerprint density at radius 3 is 2.64 bits per heavy atom. The number of primary amides is 1. The zero-order valence-corrected chi connectivity index (χ0v) is 15.9. The number of aryl methyl sites for hydroxylation is 1. The minimum atomic E-state index is -0.954.